The zero-order valence-corrected chi connectivity index (χ0v) is 11.9. The molecule has 2 aromatic rings. The first kappa shape index (κ1) is 13.7. The Morgan fingerprint density at radius 2 is 2.11 bits per heavy atom. The van der Waals surface area contributed by atoms with Crippen LogP contribution in [0.25, 0.3) is 0 Å². The van der Waals surface area contributed by atoms with Crippen LogP contribution in [0.1, 0.15) is 12.5 Å². The number of benzene rings is 1. The van der Waals surface area contributed by atoms with E-state index in [1.54, 1.807) is 12.1 Å². The van der Waals surface area contributed by atoms with Crippen molar-refractivity contribution >= 4 is 21.7 Å². The van der Waals surface area contributed by atoms with Crippen molar-refractivity contribution in [2.24, 2.45) is 0 Å². The maximum atomic E-state index is 12.8. The third-order valence-electron chi connectivity index (χ3n) is 2.63. The van der Waals surface area contributed by atoms with Crippen LogP contribution in [0, 0.1) is 5.82 Å². The van der Waals surface area contributed by atoms with Crippen molar-refractivity contribution in [1.29, 1.82) is 0 Å². The van der Waals surface area contributed by atoms with Crippen molar-refractivity contribution in [2.75, 3.05) is 5.32 Å². The summed E-state index contributed by atoms with van der Waals surface area (Å²) in [6, 6.07) is 6.42. The van der Waals surface area contributed by atoms with Gasteiger partial charge in [0, 0.05) is 6.04 Å². The Hall–Kier alpha value is -1.69. The fraction of sp³-hybridized carbons (Fsp3) is 0.231. The number of halogens is 2. The molecular formula is C13H13BrFN3O. The zero-order chi connectivity index (χ0) is 13.8. The normalized spacial score (nSPS) is 12.2. The monoisotopic (exact) mass is 325 g/mol. The molecule has 1 aromatic heterocycles. The van der Waals surface area contributed by atoms with Gasteiger partial charge in [-0.05, 0) is 47.0 Å². The summed E-state index contributed by atoms with van der Waals surface area (Å²) < 4.78 is 13.2. The van der Waals surface area contributed by atoms with Gasteiger partial charge in [0.25, 0.3) is 5.56 Å². The first-order valence-electron chi connectivity index (χ1n) is 5.80. The highest BCUT2D eigenvalue weighted by molar-refractivity contribution is 9.10. The molecule has 0 aliphatic heterocycles. The van der Waals surface area contributed by atoms with Gasteiger partial charge in [0.05, 0.1) is 6.33 Å². The SMILES string of the molecule is CC(Cc1ccc(F)cc1)Nc1nc[nH]c(=O)c1Br. The van der Waals surface area contributed by atoms with Crippen LogP contribution in [0.3, 0.4) is 0 Å². The van der Waals surface area contributed by atoms with Gasteiger partial charge in [0.15, 0.2) is 0 Å². The van der Waals surface area contributed by atoms with Gasteiger partial charge >= 0.3 is 0 Å². The molecule has 0 amide bonds. The number of hydrogen-bond acceptors (Lipinski definition) is 3. The highest BCUT2D eigenvalue weighted by Gasteiger charge is 2.09. The van der Waals surface area contributed by atoms with Gasteiger partial charge in [-0.25, -0.2) is 9.37 Å². The van der Waals surface area contributed by atoms with Crippen molar-refractivity contribution in [3.8, 4) is 0 Å². The molecule has 19 heavy (non-hydrogen) atoms. The second-order valence-electron chi connectivity index (χ2n) is 4.27. The molecule has 1 aromatic carbocycles. The molecule has 1 heterocycles. The van der Waals surface area contributed by atoms with Crippen molar-refractivity contribution in [3.63, 3.8) is 0 Å². The molecule has 0 bridgehead atoms. The van der Waals surface area contributed by atoms with E-state index in [1.807, 2.05) is 6.92 Å². The minimum absolute atomic E-state index is 0.0658. The predicted molar refractivity (Wildman–Crippen MR) is 75.7 cm³/mol. The standard InChI is InChI=1S/C13H13BrFN3O/c1-8(6-9-2-4-10(15)5-3-9)18-12-11(14)13(19)17-7-16-12/h2-5,7-8H,6H2,1H3,(H2,16,17,18,19). The molecule has 4 nitrogen and oxygen atoms in total. The van der Waals surface area contributed by atoms with Gasteiger partial charge in [-0.2, -0.15) is 0 Å². The number of aromatic nitrogens is 2. The second kappa shape index (κ2) is 5.97. The van der Waals surface area contributed by atoms with E-state index in [4.69, 9.17) is 0 Å². The molecule has 100 valence electrons. The van der Waals surface area contributed by atoms with Crippen molar-refractivity contribution in [2.45, 2.75) is 19.4 Å². The Morgan fingerprint density at radius 1 is 1.42 bits per heavy atom. The van der Waals surface area contributed by atoms with E-state index in [9.17, 15) is 9.18 Å². The second-order valence-corrected chi connectivity index (χ2v) is 5.06. The lowest BCUT2D eigenvalue weighted by Crippen LogP contribution is -2.21. The number of H-pyrrole nitrogens is 1. The fourth-order valence-electron chi connectivity index (χ4n) is 1.74. The number of nitrogens with zero attached hydrogens (tertiary/aromatic N) is 1. The Kier molecular flexibility index (Phi) is 4.31. The maximum absolute atomic E-state index is 12.8. The van der Waals surface area contributed by atoms with Crippen LogP contribution in [-0.4, -0.2) is 16.0 Å². The molecule has 1 atom stereocenters. The van der Waals surface area contributed by atoms with E-state index in [-0.39, 0.29) is 17.4 Å². The first-order valence-corrected chi connectivity index (χ1v) is 6.59. The number of hydrogen-bond donors (Lipinski definition) is 2. The lowest BCUT2D eigenvalue weighted by Gasteiger charge is -2.15. The number of aromatic amines is 1. The minimum atomic E-state index is -0.247. The van der Waals surface area contributed by atoms with Crippen LogP contribution in [0.4, 0.5) is 10.2 Å². The molecule has 6 heteroatoms. The molecule has 1 unspecified atom stereocenters. The molecule has 2 rings (SSSR count). The molecule has 0 saturated heterocycles. The molecule has 0 aliphatic rings. The number of rotatable bonds is 4. The summed E-state index contributed by atoms with van der Waals surface area (Å²) in [5, 5.41) is 3.14. The van der Waals surface area contributed by atoms with Gasteiger partial charge in [-0.15, -0.1) is 0 Å². The maximum Gasteiger partial charge on any atom is 0.267 e. The van der Waals surface area contributed by atoms with E-state index < -0.39 is 0 Å². The van der Waals surface area contributed by atoms with Crippen LogP contribution in [0.15, 0.2) is 39.9 Å². The van der Waals surface area contributed by atoms with Gasteiger partial charge in [0.2, 0.25) is 0 Å². The lowest BCUT2D eigenvalue weighted by molar-refractivity contribution is 0.626. The van der Waals surface area contributed by atoms with E-state index in [0.29, 0.717) is 16.7 Å². The van der Waals surface area contributed by atoms with Crippen LogP contribution in [-0.2, 0) is 6.42 Å². The lowest BCUT2D eigenvalue weighted by atomic mass is 10.1. The number of nitrogens with one attached hydrogen (secondary N) is 2. The van der Waals surface area contributed by atoms with Gasteiger partial charge in [-0.1, -0.05) is 12.1 Å². The van der Waals surface area contributed by atoms with Crippen LogP contribution < -0.4 is 10.9 Å². The number of anilines is 1. The van der Waals surface area contributed by atoms with E-state index >= 15 is 0 Å². The third-order valence-corrected chi connectivity index (χ3v) is 3.37. The van der Waals surface area contributed by atoms with Crippen molar-refractivity contribution in [1.82, 2.24) is 9.97 Å². The van der Waals surface area contributed by atoms with Gasteiger partial charge < -0.3 is 10.3 Å². The predicted octanol–water partition coefficient (Wildman–Crippen LogP) is 2.71. The Labute approximate surface area is 118 Å². The molecular weight excluding hydrogens is 313 g/mol. The van der Waals surface area contributed by atoms with E-state index in [0.717, 1.165) is 5.56 Å². The van der Waals surface area contributed by atoms with Gasteiger partial charge in [-0.3, -0.25) is 4.79 Å². The van der Waals surface area contributed by atoms with Crippen LogP contribution in [0.2, 0.25) is 0 Å². The summed E-state index contributed by atoms with van der Waals surface area (Å²) in [6.45, 7) is 1.97. The van der Waals surface area contributed by atoms with Crippen molar-refractivity contribution < 1.29 is 4.39 Å². The molecule has 2 N–H and O–H groups in total. The highest BCUT2D eigenvalue weighted by atomic mass is 79.9. The van der Waals surface area contributed by atoms with Crippen LogP contribution >= 0.6 is 15.9 Å². The summed E-state index contributed by atoms with van der Waals surface area (Å²) in [4.78, 5) is 17.9. The smallest absolute Gasteiger partial charge is 0.267 e. The highest BCUT2D eigenvalue weighted by Crippen LogP contribution is 2.15. The largest absolute Gasteiger partial charge is 0.366 e. The molecule has 0 aliphatic carbocycles. The summed E-state index contributed by atoms with van der Waals surface area (Å²) in [6.07, 6.45) is 2.06. The molecule has 0 spiro atoms. The Morgan fingerprint density at radius 3 is 2.79 bits per heavy atom. The summed E-state index contributed by atoms with van der Waals surface area (Å²) in [7, 11) is 0. The average Bonchev–Trinajstić information content (AvgIpc) is 2.38. The van der Waals surface area contributed by atoms with E-state index in [1.165, 1.54) is 18.5 Å². The summed E-state index contributed by atoms with van der Waals surface area (Å²) >= 11 is 3.19. The summed E-state index contributed by atoms with van der Waals surface area (Å²) in [5.74, 6) is 0.252. The quantitative estimate of drug-likeness (QED) is 0.908. The summed E-state index contributed by atoms with van der Waals surface area (Å²) in [5.41, 5.74) is 0.786. The third kappa shape index (κ3) is 3.64. The van der Waals surface area contributed by atoms with E-state index in [2.05, 4.69) is 31.2 Å². The fourth-order valence-corrected chi connectivity index (χ4v) is 2.07. The molecule has 0 saturated carbocycles. The minimum Gasteiger partial charge on any atom is -0.366 e. The zero-order valence-electron chi connectivity index (χ0n) is 10.3. The van der Waals surface area contributed by atoms with Crippen molar-refractivity contribution in [3.05, 3.63) is 56.8 Å². The van der Waals surface area contributed by atoms with Crippen LogP contribution in [0.5, 0.6) is 0 Å². The Bertz CT molecular complexity index is 612. The molecule has 0 radical (unpaired) electrons. The average molecular weight is 326 g/mol. The first-order chi connectivity index (χ1) is 9.06. The van der Waals surface area contributed by atoms with Gasteiger partial charge in [0.1, 0.15) is 16.1 Å². The Balaban J connectivity index is 2.05. The topological polar surface area (TPSA) is 57.8 Å². The molecule has 0 fully saturated rings.